The highest BCUT2D eigenvalue weighted by Gasteiger charge is 2.75. The van der Waals surface area contributed by atoms with Gasteiger partial charge in [0.1, 0.15) is 5.82 Å². The molecule has 0 saturated carbocycles. The molecule has 17 heteroatoms. The van der Waals surface area contributed by atoms with E-state index in [1.165, 1.54) is 0 Å². The lowest BCUT2D eigenvalue weighted by Gasteiger charge is -2.32. The molecule has 4 nitrogen and oxygen atoms in total. The van der Waals surface area contributed by atoms with E-state index in [1.807, 2.05) is 0 Å². The van der Waals surface area contributed by atoms with E-state index in [0.717, 1.165) is 49.5 Å². The Balaban J connectivity index is 2.06. The van der Waals surface area contributed by atoms with Crippen LogP contribution in [0.4, 0.5) is 64.1 Å². The fourth-order valence-electron chi connectivity index (χ4n) is 3.74. The Labute approximate surface area is 236 Å². The van der Waals surface area contributed by atoms with Gasteiger partial charge in [-0.2, -0.15) is 39.5 Å². The van der Waals surface area contributed by atoms with E-state index in [-0.39, 0.29) is 11.6 Å². The van der Waals surface area contributed by atoms with Gasteiger partial charge in [-0.25, -0.2) is 13.2 Å². The summed E-state index contributed by atoms with van der Waals surface area (Å²) in [5, 5.41) is 1.71. The largest absolute Gasteiger partial charge is 0.435 e. The maximum atomic E-state index is 15.3. The van der Waals surface area contributed by atoms with E-state index in [0.29, 0.717) is 4.90 Å². The van der Waals surface area contributed by atoms with Gasteiger partial charge in [-0.3, -0.25) is 9.59 Å². The van der Waals surface area contributed by atoms with Crippen molar-refractivity contribution >= 4 is 39.1 Å². The van der Waals surface area contributed by atoms with E-state index in [2.05, 4.69) is 15.9 Å². The second kappa shape index (κ2) is 11.1. The first-order valence-electron chi connectivity index (χ1n) is 11.0. The quantitative estimate of drug-likeness (QED) is 0.275. The zero-order chi connectivity index (χ0) is 32.0. The van der Waals surface area contributed by atoms with Gasteiger partial charge in [-0.1, -0.05) is 12.1 Å². The van der Waals surface area contributed by atoms with Crippen molar-refractivity contribution in [3.8, 4) is 0 Å². The minimum Gasteiger partial charge on any atom is -0.321 e. The van der Waals surface area contributed by atoms with Gasteiger partial charge in [0.15, 0.2) is 5.82 Å². The fraction of sp³-hybridized carbons (Fsp3) is 0.200. The van der Waals surface area contributed by atoms with Crippen LogP contribution in [0.1, 0.15) is 31.8 Å². The standard InChI is InChI=1S/C25H13BrF12N2O2/c1-40(21(42)11-5-7-12(27)8-6-11)16-4-2-3-13(19(16)28)20(41)39-15-10-9-14(17(18(15)26)23(30,31)32)22(29,24(33,34)35)25(36,37)38/h2-10H,1H3,(H,39,41). The highest BCUT2D eigenvalue weighted by molar-refractivity contribution is 9.10. The average Bonchev–Trinajstić information content (AvgIpc) is 2.86. The zero-order valence-electron chi connectivity index (χ0n) is 20.4. The number of carbonyl (C=O) groups is 2. The Morgan fingerprint density at radius 3 is 1.83 bits per heavy atom. The maximum Gasteiger partial charge on any atom is 0.435 e. The highest BCUT2D eigenvalue weighted by Crippen LogP contribution is 2.57. The Kier molecular flexibility index (Phi) is 8.69. The van der Waals surface area contributed by atoms with E-state index >= 15 is 4.39 Å². The molecule has 42 heavy (non-hydrogen) atoms. The molecule has 0 aliphatic carbocycles. The molecular formula is C25H13BrF12N2O2. The summed E-state index contributed by atoms with van der Waals surface area (Å²) < 4.78 is 162. The SMILES string of the molecule is CN(C(=O)c1ccc(F)cc1)c1cccc(C(=O)Nc2ccc(C(F)(C(F)(F)F)C(F)(F)F)c(C(F)(F)F)c2Br)c1F. The third-order valence-electron chi connectivity index (χ3n) is 5.81. The molecule has 0 bridgehead atoms. The summed E-state index contributed by atoms with van der Waals surface area (Å²) in [5.41, 5.74) is -14.7. The number of nitrogens with zero attached hydrogens (tertiary/aromatic N) is 1. The number of hydrogen-bond donors (Lipinski definition) is 1. The molecule has 3 aromatic rings. The van der Waals surface area contributed by atoms with Crippen LogP contribution >= 0.6 is 15.9 Å². The molecule has 0 aliphatic rings. The average molecular weight is 681 g/mol. The molecular weight excluding hydrogens is 668 g/mol. The lowest BCUT2D eigenvalue weighted by atomic mass is 9.89. The van der Waals surface area contributed by atoms with Gasteiger partial charge in [0.2, 0.25) is 0 Å². The molecule has 226 valence electrons. The lowest BCUT2D eigenvalue weighted by Crippen LogP contribution is -2.51. The number of anilines is 2. The Bertz CT molecular complexity index is 1500. The molecule has 2 amide bonds. The van der Waals surface area contributed by atoms with Crippen molar-refractivity contribution in [3.05, 3.63) is 93.0 Å². The smallest absolute Gasteiger partial charge is 0.321 e. The third-order valence-corrected chi connectivity index (χ3v) is 6.63. The molecule has 0 aliphatic heterocycles. The van der Waals surface area contributed by atoms with Gasteiger partial charge in [0.05, 0.1) is 27.0 Å². The van der Waals surface area contributed by atoms with Crippen molar-refractivity contribution in [3.63, 3.8) is 0 Å². The van der Waals surface area contributed by atoms with E-state index in [1.54, 1.807) is 5.32 Å². The molecule has 3 rings (SSSR count). The van der Waals surface area contributed by atoms with Crippen LogP contribution in [-0.4, -0.2) is 31.2 Å². The van der Waals surface area contributed by atoms with Crippen LogP contribution in [-0.2, 0) is 11.8 Å². The molecule has 0 spiro atoms. The van der Waals surface area contributed by atoms with Crippen molar-refractivity contribution in [2.45, 2.75) is 24.2 Å². The molecule has 0 saturated heterocycles. The van der Waals surface area contributed by atoms with Crippen LogP contribution in [0.5, 0.6) is 0 Å². The summed E-state index contributed by atoms with van der Waals surface area (Å²) >= 11 is 2.19. The van der Waals surface area contributed by atoms with Crippen LogP contribution in [0.2, 0.25) is 0 Å². The summed E-state index contributed by atoms with van der Waals surface area (Å²) in [6, 6.07) is 6.58. The summed E-state index contributed by atoms with van der Waals surface area (Å²) in [4.78, 5) is 26.1. The maximum absolute atomic E-state index is 15.3. The number of nitrogens with one attached hydrogen (secondary N) is 1. The lowest BCUT2D eigenvalue weighted by molar-refractivity contribution is -0.349. The molecule has 0 atom stereocenters. The summed E-state index contributed by atoms with van der Waals surface area (Å²) in [6.07, 6.45) is -19.8. The molecule has 3 aromatic carbocycles. The summed E-state index contributed by atoms with van der Waals surface area (Å²) in [5.74, 6) is -4.50. The van der Waals surface area contributed by atoms with Crippen LogP contribution in [0, 0.1) is 11.6 Å². The van der Waals surface area contributed by atoms with Gasteiger partial charge < -0.3 is 10.2 Å². The number of amides is 2. The predicted molar refractivity (Wildman–Crippen MR) is 128 cm³/mol. The number of benzene rings is 3. The topological polar surface area (TPSA) is 49.4 Å². The Morgan fingerprint density at radius 1 is 0.786 bits per heavy atom. The van der Waals surface area contributed by atoms with Gasteiger partial charge >= 0.3 is 24.2 Å². The van der Waals surface area contributed by atoms with Gasteiger partial charge in [-0.05, 0) is 58.4 Å². The van der Waals surface area contributed by atoms with Crippen molar-refractivity contribution in [2.24, 2.45) is 0 Å². The molecule has 0 heterocycles. The Morgan fingerprint density at radius 2 is 1.33 bits per heavy atom. The van der Waals surface area contributed by atoms with Crippen LogP contribution in [0.3, 0.4) is 0 Å². The summed E-state index contributed by atoms with van der Waals surface area (Å²) in [7, 11) is 1.07. The Hall–Kier alpha value is -3.76. The molecule has 0 fully saturated rings. The third kappa shape index (κ3) is 5.91. The summed E-state index contributed by atoms with van der Waals surface area (Å²) in [6.45, 7) is 0. The van der Waals surface area contributed by atoms with Crippen LogP contribution < -0.4 is 10.2 Å². The molecule has 0 aromatic heterocycles. The minimum absolute atomic E-state index is 0.0986. The number of rotatable bonds is 5. The fourth-order valence-corrected chi connectivity index (χ4v) is 4.41. The van der Waals surface area contributed by atoms with Gasteiger partial charge in [0, 0.05) is 18.2 Å². The zero-order valence-corrected chi connectivity index (χ0v) is 22.0. The number of carbonyl (C=O) groups excluding carboxylic acids is 2. The number of halogens is 13. The molecule has 1 N–H and O–H groups in total. The first-order chi connectivity index (χ1) is 19.1. The number of hydrogen-bond acceptors (Lipinski definition) is 2. The minimum atomic E-state index is -6.88. The molecule has 0 radical (unpaired) electrons. The second-order valence-electron chi connectivity index (χ2n) is 8.47. The first kappa shape index (κ1) is 32.8. The normalized spacial score (nSPS) is 12.7. The second-order valence-corrected chi connectivity index (χ2v) is 9.26. The van der Waals surface area contributed by atoms with Crippen molar-refractivity contribution in [1.29, 1.82) is 0 Å². The van der Waals surface area contributed by atoms with Gasteiger partial charge in [-0.15, -0.1) is 0 Å². The van der Waals surface area contributed by atoms with Gasteiger partial charge in [0.25, 0.3) is 11.8 Å². The highest BCUT2D eigenvalue weighted by atomic mass is 79.9. The molecule has 0 unspecified atom stereocenters. The predicted octanol–water partition coefficient (Wildman–Crippen LogP) is 8.56. The monoisotopic (exact) mass is 680 g/mol. The number of alkyl halides is 10. The van der Waals surface area contributed by atoms with Crippen molar-refractivity contribution in [1.82, 2.24) is 0 Å². The van der Waals surface area contributed by atoms with Crippen molar-refractivity contribution < 1.29 is 62.3 Å². The first-order valence-corrected chi connectivity index (χ1v) is 11.8. The van der Waals surface area contributed by atoms with E-state index in [4.69, 9.17) is 0 Å². The van der Waals surface area contributed by atoms with E-state index in [9.17, 15) is 57.9 Å². The van der Waals surface area contributed by atoms with E-state index < -0.39 is 86.3 Å². The van der Waals surface area contributed by atoms with Crippen molar-refractivity contribution in [2.75, 3.05) is 17.3 Å². The van der Waals surface area contributed by atoms with Crippen LogP contribution in [0.25, 0.3) is 0 Å². The van der Waals surface area contributed by atoms with Crippen LogP contribution in [0.15, 0.2) is 59.1 Å².